The molecule has 1 rings (SSSR count). The van der Waals surface area contributed by atoms with E-state index in [-0.39, 0.29) is 0 Å². The van der Waals surface area contributed by atoms with Crippen LogP contribution in [0.5, 0.6) is 0 Å². The van der Waals surface area contributed by atoms with Crippen molar-refractivity contribution < 1.29 is 0 Å². The molecule has 0 aliphatic carbocycles. The maximum Gasteiger partial charge on any atom is 0.0593 e. The Morgan fingerprint density at radius 1 is 1.23 bits per heavy atom. The highest BCUT2D eigenvalue weighted by Crippen LogP contribution is 2.15. The van der Waals surface area contributed by atoms with Gasteiger partial charge in [0.15, 0.2) is 0 Å². The van der Waals surface area contributed by atoms with Gasteiger partial charge in [0, 0.05) is 13.3 Å². The smallest absolute Gasteiger partial charge is 0.0593 e. The van der Waals surface area contributed by atoms with Gasteiger partial charge in [0.25, 0.3) is 0 Å². The maximum atomic E-state index is 3.92. The molecule has 0 saturated heterocycles. The molecule has 1 aromatic rings. The molecule has 0 N–H and O–H groups in total. The molecule has 0 fully saturated rings. The van der Waals surface area contributed by atoms with Gasteiger partial charge in [-0.2, -0.15) is 5.10 Å². The molecule has 0 amide bonds. The molecule has 0 heterocycles. The summed E-state index contributed by atoms with van der Waals surface area (Å²) in [5, 5.41) is 5.79. The highest BCUT2D eigenvalue weighted by molar-refractivity contribution is 5.48. The van der Waals surface area contributed by atoms with Gasteiger partial charge in [-0.15, -0.1) is 0 Å². The molecule has 2 nitrogen and oxygen atoms in total. The summed E-state index contributed by atoms with van der Waals surface area (Å²) in [6.45, 7) is 8.59. The molecule has 0 unspecified atom stereocenters. The molecular formula is C11H16N2. The van der Waals surface area contributed by atoms with Gasteiger partial charge in [-0.05, 0) is 31.0 Å². The first-order valence-electron chi connectivity index (χ1n) is 4.65. The summed E-state index contributed by atoms with van der Waals surface area (Å²) >= 11 is 0. The van der Waals surface area contributed by atoms with Crippen LogP contribution < -0.4 is 5.01 Å². The Bertz CT molecular complexity index is 264. The Balaban J connectivity index is 2.83. The van der Waals surface area contributed by atoms with Crippen molar-refractivity contribution in [3.05, 3.63) is 29.8 Å². The van der Waals surface area contributed by atoms with Crippen LogP contribution >= 0.6 is 0 Å². The molecule has 1 aromatic carbocycles. The predicted molar refractivity (Wildman–Crippen MR) is 58.4 cm³/mol. The summed E-state index contributed by atoms with van der Waals surface area (Å²) in [7, 11) is 0. The second-order valence-electron chi connectivity index (χ2n) is 2.88. The number of benzene rings is 1. The number of nitrogens with zero attached hydrogens (tertiary/aromatic N) is 2. The van der Waals surface area contributed by atoms with Gasteiger partial charge >= 0.3 is 0 Å². The SMILES string of the molecule is C=NN(CC)c1ccc(CC)cc1. The number of hydrogen-bond acceptors (Lipinski definition) is 2. The minimum Gasteiger partial charge on any atom is -0.266 e. The van der Waals surface area contributed by atoms with Gasteiger partial charge in [0.1, 0.15) is 0 Å². The zero-order valence-electron chi connectivity index (χ0n) is 8.33. The van der Waals surface area contributed by atoms with E-state index in [9.17, 15) is 0 Å². The van der Waals surface area contributed by atoms with Crippen LogP contribution in [-0.2, 0) is 6.42 Å². The van der Waals surface area contributed by atoms with E-state index >= 15 is 0 Å². The number of anilines is 1. The van der Waals surface area contributed by atoms with Crippen LogP contribution in [0.15, 0.2) is 29.4 Å². The molecule has 13 heavy (non-hydrogen) atoms. The van der Waals surface area contributed by atoms with Crippen molar-refractivity contribution in [2.45, 2.75) is 20.3 Å². The van der Waals surface area contributed by atoms with E-state index in [0.29, 0.717) is 0 Å². The number of rotatable bonds is 4. The largest absolute Gasteiger partial charge is 0.266 e. The van der Waals surface area contributed by atoms with Gasteiger partial charge in [0.2, 0.25) is 0 Å². The molecule has 0 atom stereocenters. The van der Waals surface area contributed by atoms with Crippen LogP contribution in [0.1, 0.15) is 19.4 Å². The van der Waals surface area contributed by atoms with Crippen molar-refractivity contribution in [3.63, 3.8) is 0 Å². The third-order valence-corrected chi connectivity index (χ3v) is 2.11. The van der Waals surface area contributed by atoms with Crippen molar-refractivity contribution in [3.8, 4) is 0 Å². The quantitative estimate of drug-likeness (QED) is 0.508. The molecule has 0 aliphatic rings. The maximum absolute atomic E-state index is 3.92. The topological polar surface area (TPSA) is 15.6 Å². The van der Waals surface area contributed by atoms with Crippen LogP contribution in [0, 0.1) is 0 Å². The minimum absolute atomic E-state index is 0.856. The first-order chi connectivity index (χ1) is 6.31. The lowest BCUT2D eigenvalue weighted by molar-refractivity contribution is 0.900. The van der Waals surface area contributed by atoms with E-state index in [0.717, 1.165) is 18.7 Å². The van der Waals surface area contributed by atoms with Gasteiger partial charge in [-0.3, -0.25) is 5.01 Å². The van der Waals surface area contributed by atoms with Gasteiger partial charge in [-0.1, -0.05) is 19.1 Å². The van der Waals surface area contributed by atoms with E-state index in [4.69, 9.17) is 0 Å². The van der Waals surface area contributed by atoms with Gasteiger partial charge < -0.3 is 0 Å². The summed E-state index contributed by atoms with van der Waals surface area (Å²) < 4.78 is 0. The Hall–Kier alpha value is -1.31. The Morgan fingerprint density at radius 2 is 1.85 bits per heavy atom. The van der Waals surface area contributed by atoms with Crippen LogP contribution in [0.3, 0.4) is 0 Å². The molecule has 0 spiro atoms. The molecule has 70 valence electrons. The van der Waals surface area contributed by atoms with Gasteiger partial charge in [-0.25, -0.2) is 0 Å². The summed E-state index contributed by atoms with van der Waals surface area (Å²) in [5.41, 5.74) is 2.46. The summed E-state index contributed by atoms with van der Waals surface area (Å²) in [5.74, 6) is 0. The summed E-state index contributed by atoms with van der Waals surface area (Å²) in [6, 6.07) is 8.42. The second kappa shape index (κ2) is 4.65. The second-order valence-corrected chi connectivity index (χ2v) is 2.88. The summed E-state index contributed by atoms with van der Waals surface area (Å²) in [6.07, 6.45) is 1.08. The number of hydrazone groups is 1. The summed E-state index contributed by atoms with van der Waals surface area (Å²) in [4.78, 5) is 0. The Morgan fingerprint density at radius 3 is 2.23 bits per heavy atom. The van der Waals surface area contributed by atoms with Crippen molar-refractivity contribution >= 4 is 12.4 Å². The van der Waals surface area contributed by atoms with Crippen LogP contribution in [-0.4, -0.2) is 13.3 Å². The number of aryl methyl sites for hydroxylation is 1. The Labute approximate surface area is 79.9 Å². The fourth-order valence-electron chi connectivity index (χ4n) is 1.27. The van der Waals surface area contributed by atoms with E-state index in [1.807, 2.05) is 5.01 Å². The van der Waals surface area contributed by atoms with Crippen LogP contribution in [0.2, 0.25) is 0 Å². The molecule has 0 bridgehead atoms. The normalized spacial score (nSPS) is 9.69. The average molecular weight is 176 g/mol. The zero-order chi connectivity index (χ0) is 9.68. The van der Waals surface area contributed by atoms with Crippen molar-refractivity contribution in [2.75, 3.05) is 11.6 Å². The van der Waals surface area contributed by atoms with E-state index in [1.54, 1.807) is 0 Å². The standard InChI is InChI=1S/C11H16N2/c1-4-10-6-8-11(9-7-10)13(5-2)12-3/h6-9H,3-5H2,1-2H3. The first-order valence-corrected chi connectivity index (χ1v) is 4.65. The molecule has 0 radical (unpaired) electrons. The molecule has 0 saturated carbocycles. The molecule has 0 aliphatic heterocycles. The third-order valence-electron chi connectivity index (χ3n) is 2.11. The lowest BCUT2D eigenvalue weighted by Gasteiger charge is -2.15. The monoisotopic (exact) mass is 176 g/mol. The lowest BCUT2D eigenvalue weighted by Crippen LogP contribution is -2.13. The van der Waals surface area contributed by atoms with Crippen LogP contribution in [0.4, 0.5) is 5.69 Å². The highest BCUT2D eigenvalue weighted by atomic mass is 15.4. The van der Waals surface area contributed by atoms with E-state index in [2.05, 4.69) is 49.9 Å². The molecule has 0 aromatic heterocycles. The van der Waals surface area contributed by atoms with E-state index < -0.39 is 0 Å². The minimum atomic E-state index is 0.856. The Kier molecular flexibility index (Phi) is 3.50. The van der Waals surface area contributed by atoms with E-state index in [1.165, 1.54) is 5.56 Å². The fraction of sp³-hybridized carbons (Fsp3) is 0.364. The predicted octanol–water partition coefficient (Wildman–Crippen LogP) is 2.69. The lowest BCUT2D eigenvalue weighted by atomic mass is 10.1. The van der Waals surface area contributed by atoms with Crippen molar-refractivity contribution in [1.29, 1.82) is 0 Å². The van der Waals surface area contributed by atoms with Gasteiger partial charge in [0.05, 0.1) is 5.69 Å². The number of hydrogen-bond donors (Lipinski definition) is 0. The van der Waals surface area contributed by atoms with Crippen LogP contribution in [0.25, 0.3) is 0 Å². The third kappa shape index (κ3) is 2.31. The van der Waals surface area contributed by atoms with Crippen molar-refractivity contribution in [2.24, 2.45) is 5.10 Å². The zero-order valence-corrected chi connectivity index (χ0v) is 8.33. The van der Waals surface area contributed by atoms with Crippen molar-refractivity contribution in [1.82, 2.24) is 0 Å². The highest BCUT2D eigenvalue weighted by Gasteiger charge is 1.99. The molecular weight excluding hydrogens is 160 g/mol. The molecule has 2 heteroatoms. The fourth-order valence-corrected chi connectivity index (χ4v) is 1.27. The first kappa shape index (κ1) is 9.78. The average Bonchev–Trinajstić information content (AvgIpc) is 2.21.